The van der Waals surface area contributed by atoms with E-state index in [1.54, 1.807) is 6.07 Å². The molecule has 6 nitrogen and oxygen atoms in total. The summed E-state index contributed by atoms with van der Waals surface area (Å²) in [6, 6.07) is 2.99. The maximum absolute atomic E-state index is 10.9. The van der Waals surface area contributed by atoms with E-state index in [0.717, 1.165) is 12.3 Å². The van der Waals surface area contributed by atoms with Gasteiger partial charge in [-0.25, -0.2) is 18.2 Å². The predicted octanol–water partition coefficient (Wildman–Crippen LogP) is 0.551. The minimum absolute atomic E-state index is 0.148. The number of anilines is 1. The van der Waals surface area contributed by atoms with Gasteiger partial charge in [0.1, 0.15) is 5.82 Å². The third-order valence-electron chi connectivity index (χ3n) is 1.49. The van der Waals surface area contributed by atoms with Crippen molar-refractivity contribution in [3.63, 3.8) is 0 Å². The molecule has 0 unspecified atom stereocenters. The molecule has 0 aliphatic heterocycles. The number of aliphatic carboxylic acids is 1. The second-order valence-corrected chi connectivity index (χ2v) is 4.77. The SMILES string of the molecule is CS(=O)(=O)Nc1cc(/C=C/C(=O)O)ccn1. The number of carboxylic acid groups (broad SMARTS) is 1. The third kappa shape index (κ3) is 4.56. The molecule has 0 saturated heterocycles. The van der Waals surface area contributed by atoms with Gasteiger partial charge < -0.3 is 5.11 Å². The number of nitrogens with zero attached hydrogens (tertiary/aromatic N) is 1. The molecule has 7 heteroatoms. The van der Waals surface area contributed by atoms with Crippen molar-refractivity contribution in [3.05, 3.63) is 30.0 Å². The van der Waals surface area contributed by atoms with Crippen molar-refractivity contribution in [2.75, 3.05) is 11.0 Å². The van der Waals surface area contributed by atoms with Crippen molar-refractivity contribution in [1.82, 2.24) is 4.98 Å². The maximum Gasteiger partial charge on any atom is 0.328 e. The summed E-state index contributed by atoms with van der Waals surface area (Å²) in [5.74, 6) is -0.926. The van der Waals surface area contributed by atoms with Crippen molar-refractivity contribution in [2.24, 2.45) is 0 Å². The van der Waals surface area contributed by atoms with Crippen LogP contribution in [0.1, 0.15) is 5.56 Å². The Morgan fingerprint density at radius 2 is 2.25 bits per heavy atom. The van der Waals surface area contributed by atoms with Crippen molar-refractivity contribution >= 4 is 27.9 Å². The number of carboxylic acids is 1. The van der Waals surface area contributed by atoms with Crippen LogP contribution in [0.15, 0.2) is 24.4 Å². The summed E-state index contributed by atoms with van der Waals surface area (Å²) in [6.07, 6.45) is 4.69. The molecule has 0 saturated carbocycles. The largest absolute Gasteiger partial charge is 0.478 e. The molecule has 0 fully saturated rings. The minimum atomic E-state index is -3.38. The molecule has 0 aromatic carbocycles. The lowest BCUT2D eigenvalue weighted by Crippen LogP contribution is -2.10. The number of nitrogens with one attached hydrogen (secondary N) is 1. The lowest BCUT2D eigenvalue weighted by atomic mass is 10.2. The summed E-state index contributed by atoms with van der Waals surface area (Å²) in [7, 11) is -3.38. The average Bonchev–Trinajstić information content (AvgIpc) is 2.12. The Morgan fingerprint density at radius 3 is 2.81 bits per heavy atom. The molecule has 0 radical (unpaired) electrons. The molecule has 0 amide bonds. The molecule has 1 aromatic rings. The van der Waals surface area contributed by atoms with Gasteiger partial charge in [0.15, 0.2) is 0 Å². The lowest BCUT2D eigenvalue weighted by molar-refractivity contribution is -0.131. The van der Waals surface area contributed by atoms with E-state index in [9.17, 15) is 13.2 Å². The summed E-state index contributed by atoms with van der Waals surface area (Å²) < 4.78 is 24.0. The monoisotopic (exact) mass is 242 g/mol. The number of sulfonamides is 1. The molecule has 16 heavy (non-hydrogen) atoms. The third-order valence-corrected chi connectivity index (χ3v) is 2.07. The van der Waals surface area contributed by atoms with Crippen LogP contribution in [0, 0.1) is 0 Å². The van der Waals surface area contributed by atoms with Gasteiger partial charge in [-0.2, -0.15) is 0 Å². The summed E-state index contributed by atoms with van der Waals surface area (Å²) in [4.78, 5) is 14.1. The minimum Gasteiger partial charge on any atom is -0.478 e. The van der Waals surface area contributed by atoms with E-state index in [1.807, 2.05) is 0 Å². The topological polar surface area (TPSA) is 96.4 Å². The smallest absolute Gasteiger partial charge is 0.328 e. The van der Waals surface area contributed by atoms with E-state index >= 15 is 0 Å². The van der Waals surface area contributed by atoms with Gasteiger partial charge in [-0.15, -0.1) is 0 Å². The summed E-state index contributed by atoms with van der Waals surface area (Å²) in [5, 5.41) is 8.42. The van der Waals surface area contributed by atoms with Crippen LogP contribution in [0.25, 0.3) is 6.08 Å². The molecule has 1 aromatic heterocycles. The maximum atomic E-state index is 10.9. The van der Waals surface area contributed by atoms with Crippen LogP contribution in [0.4, 0.5) is 5.82 Å². The predicted molar refractivity (Wildman–Crippen MR) is 59.4 cm³/mol. The van der Waals surface area contributed by atoms with Gasteiger partial charge >= 0.3 is 5.97 Å². The Kier molecular flexibility index (Phi) is 3.62. The Morgan fingerprint density at radius 1 is 1.56 bits per heavy atom. The van der Waals surface area contributed by atoms with E-state index in [0.29, 0.717) is 5.56 Å². The zero-order valence-electron chi connectivity index (χ0n) is 8.41. The highest BCUT2D eigenvalue weighted by molar-refractivity contribution is 7.92. The van der Waals surface area contributed by atoms with E-state index in [2.05, 4.69) is 9.71 Å². The number of carbonyl (C=O) groups is 1. The molecule has 0 atom stereocenters. The van der Waals surface area contributed by atoms with Gasteiger partial charge in [-0.1, -0.05) is 0 Å². The van der Waals surface area contributed by atoms with E-state index in [4.69, 9.17) is 5.11 Å². The first-order valence-electron chi connectivity index (χ1n) is 4.22. The molecule has 0 bridgehead atoms. The molecular formula is C9H10N2O4S. The zero-order chi connectivity index (χ0) is 12.2. The number of aromatic nitrogens is 1. The Balaban J connectivity index is 2.91. The van der Waals surface area contributed by atoms with Gasteiger partial charge in [0, 0.05) is 12.3 Å². The van der Waals surface area contributed by atoms with Gasteiger partial charge in [0.25, 0.3) is 0 Å². The number of rotatable bonds is 4. The fraction of sp³-hybridized carbons (Fsp3) is 0.111. The molecule has 2 N–H and O–H groups in total. The van der Waals surface area contributed by atoms with E-state index in [1.165, 1.54) is 18.3 Å². The van der Waals surface area contributed by atoms with Crippen LogP contribution < -0.4 is 4.72 Å². The van der Waals surface area contributed by atoms with E-state index < -0.39 is 16.0 Å². The van der Waals surface area contributed by atoms with Crippen LogP contribution in [-0.4, -0.2) is 30.7 Å². The summed E-state index contributed by atoms with van der Waals surface area (Å²) in [6.45, 7) is 0. The first kappa shape index (κ1) is 12.2. The van der Waals surface area contributed by atoms with Gasteiger partial charge in [-0.05, 0) is 23.8 Å². The number of hydrogen-bond acceptors (Lipinski definition) is 4. The average molecular weight is 242 g/mol. The fourth-order valence-electron chi connectivity index (χ4n) is 0.964. The van der Waals surface area contributed by atoms with Crippen LogP contribution in [-0.2, 0) is 14.8 Å². The molecular weight excluding hydrogens is 232 g/mol. The van der Waals surface area contributed by atoms with Gasteiger partial charge in [0.05, 0.1) is 6.26 Å². The summed E-state index contributed by atoms with van der Waals surface area (Å²) >= 11 is 0. The normalized spacial score (nSPS) is 11.6. The standard InChI is InChI=1S/C9H10N2O4S/c1-16(14,15)11-8-6-7(4-5-10-8)2-3-9(12)13/h2-6H,1H3,(H,10,11)(H,12,13)/b3-2+. The van der Waals surface area contributed by atoms with Crippen LogP contribution in [0.5, 0.6) is 0 Å². The molecule has 0 aliphatic carbocycles. The molecule has 1 rings (SSSR count). The lowest BCUT2D eigenvalue weighted by Gasteiger charge is -2.02. The second-order valence-electron chi connectivity index (χ2n) is 3.02. The zero-order valence-corrected chi connectivity index (χ0v) is 9.23. The second kappa shape index (κ2) is 4.75. The van der Waals surface area contributed by atoms with Crippen LogP contribution in [0.3, 0.4) is 0 Å². The Labute approximate surface area is 92.7 Å². The quantitative estimate of drug-likeness (QED) is 0.751. The Bertz CT molecular complexity index is 522. The first-order chi connectivity index (χ1) is 7.37. The van der Waals surface area contributed by atoms with E-state index in [-0.39, 0.29) is 5.82 Å². The molecule has 0 spiro atoms. The number of hydrogen-bond donors (Lipinski definition) is 2. The molecule has 86 valence electrons. The van der Waals surface area contributed by atoms with Crippen LogP contribution in [0.2, 0.25) is 0 Å². The van der Waals surface area contributed by atoms with Crippen molar-refractivity contribution in [3.8, 4) is 0 Å². The van der Waals surface area contributed by atoms with Gasteiger partial charge in [0.2, 0.25) is 10.0 Å². The highest BCUT2D eigenvalue weighted by Gasteiger charge is 2.02. The first-order valence-corrected chi connectivity index (χ1v) is 6.11. The molecule has 0 aliphatic rings. The highest BCUT2D eigenvalue weighted by Crippen LogP contribution is 2.09. The highest BCUT2D eigenvalue weighted by atomic mass is 32.2. The fourth-order valence-corrected chi connectivity index (χ4v) is 1.46. The van der Waals surface area contributed by atoms with Crippen molar-refractivity contribution in [2.45, 2.75) is 0 Å². The molecule has 1 heterocycles. The van der Waals surface area contributed by atoms with Crippen molar-refractivity contribution in [1.29, 1.82) is 0 Å². The van der Waals surface area contributed by atoms with Crippen molar-refractivity contribution < 1.29 is 18.3 Å². The van der Waals surface area contributed by atoms with Gasteiger partial charge in [-0.3, -0.25) is 4.72 Å². The van der Waals surface area contributed by atoms with Crippen LogP contribution >= 0.6 is 0 Å². The number of pyridine rings is 1. The summed E-state index contributed by atoms with van der Waals surface area (Å²) in [5.41, 5.74) is 0.545. The Hall–Kier alpha value is -1.89.